The number of carbonyl (C=O) groups excluding carboxylic acids is 1. The monoisotopic (exact) mass is 378 g/mol. The van der Waals surface area contributed by atoms with Gasteiger partial charge in [-0.15, -0.1) is 0 Å². The summed E-state index contributed by atoms with van der Waals surface area (Å²) in [4.78, 5) is 12.6. The fourth-order valence-corrected chi connectivity index (χ4v) is 4.12. The van der Waals surface area contributed by atoms with Crippen LogP contribution in [0.2, 0.25) is 0 Å². The van der Waals surface area contributed by atoms with E-state index in [-0.39, 0.29) is 26.8 Å². The third-order valence-corrected chi connectivity index (χ3v) is 5.39. The first-order chi connectivity index (χ1) is 13.7. The predicted molar refractivity (Wildman–Crippen MR) is 96.7 cm³/mol. The first-order valence-corrected chi connectivity index (χ1v) is 8.83. The molecule has 0 bridgehead atoms. The number of carbonyl (C=O) groups is 1. The Bertz CT molecular complexity index is 1180. The van der Waals surface area contributed by atoms with Gasteiger partial charge in [0, 0.05) is 11.1 Å². The number of fused-ring (bicyclic) bond motifs is 4. The van der Waals surface area contributed by atoms with Gasteiger partial charge in [0.15, 0.2) is 23.0 Å². The summed E-state index contributed by atoms with van der Waals surface area (Å²) in [7, 11) is 0. The van der Waals surface area contributed by atoms with Crippen LogP contribution in [0.3, 0.4) is 0 Å². The van der Waals surface area contributed by atoms with E-state index in [9.17, 15) is 9.90 Å². The van der Waals surface area contributed by atoms with Crippen LogP contribution in [0.25, 0.3) is 21.9 Å². The van der Waals surface area contributed by atoms with Gasteiger partial charge in [0.25, 0.3) is 0 Å². The lowest BCUT2D eigenvalue weighted by Crippen LogP contribution is -2.02. The number of aliphatic hydroxyl groups excluding tert-OH is 1. The third-order valence-electron chi connectivity index (χ3n) is 5.39. The van der Waals surface area contributed by atoms with E-state index in [2.05, 4.69) is 0 Å². The van der Waals surface area contributed by atoms with E-state index in [1.807, 2.05) is 30.3 Å². The van der Waals surface area contributed by atoms with Crippen molar-refractivity contribution in [2.24, 2.45) is 0 Å². The second-order valence-corrected chi connectivity index (χ2v) is 6.76. The van der Waals surface area contributed by atoms with Crippen molar-refractivity contribution in [3.63, 3.8) is 0 Å². The molecule has 3 heterocycles. The van der Waals surface area contributed by atoms with Crippen molar-refractivity contribution < 1.29 is 33.6 Å². The Morgan fingerprint density at radius 2 is 1.46 bits per heavy atom. The molecule has 0 aliphatic carbocycles. The predicted octanol–water partition coefficient (Wildman–Crippen LogP) is 3.13. The Morgan fingerprint density at radius 1 is 0.786 bits per heavy atom. The number of hydrogen-bond acceptors (Lipinski definition) is 7. The van der Waals surface area contributed by atoms with Crippen molar-refractivity contribution in [2.75, 3.05) is 13.6 Å². The zero-order valence-electron chi connectivity index (χ0n) is 14.6. The van der Waals surface area contributed by atoms with Crippen molar-refractivity contribution in [1.82, 2.24) is 0 Å². The lowest BCUT2D eigenvalue weighted by Gasteiger charge is -2.16. The summed E-state index contributed by atoms with van der Waals surface area (Å²) < 4.78 is 27.3. The van der Waals surface area contributed by atoms with Crippen molar-refractivity contribution in [3.8, 4) is 34.1 Å². The standard InChI is InChI=1S/C21H14O7/c22-6-13-11-4-17-18(28-9-27-17)5-12(11)19(20-14(13)7-24-21(20)23)10-1-2-15-16(3-10)26-8-25-15/h1-5,22H,6-9H2. The minimum Gasteiger partial charge on any atom is -0.457 e. The molecule has 3 aliphatic rings. The van der Waals surface area contributed by atoms with Crippen molar-refractivity contribution >= 4 is 16.7 Å². The highest BCUT2D eigenvalue weighted by Crippen LogP contribution is 2.47. The van der Waals surface area contributed by atoms with Gasteiger partial charge in [-0.1, -0.05) is 6.07 Å². The highest BCUT2D eigenvalue weighted by atomic mass is 16.7. The smallest absolute Gasteiger partial charge is 0.339 e. The Balaban J connectivity index is 1.74. The van der Waals surface area contributed by atoms with Gasteiger partial charge in [-0.2, -0.15) is 0 Å². The van der Waals surface area contributed by atoms with Crippen LogP contribution in [-0.2, 0) is 18.0 Å². The quantitative estimate of drug-likeness (QED) is 0.686. The molecule has 0 saturated heterocycles. The van der Waals surface area contributed by atoms with Gasteiger partial charge in [-0.3, -0.25) is 0 Å². The molecule has 0 fully saturated rings. The molecule has 3 aliphatic heterocycles. The van der Waals surface area contributed by atoms with Crippen LogP contribution in [0, 0.1) is 0 Å². The van der Waals surface area contributed by atoms with Gasteiger partial charge in [-0.25, -0.2) is 4.79 Å². The molecule has 7 nitrogen and oxygen atoms in total. The molecular weight excluding hydrogens is 364 g/mol. The number of rotatable bonds is 2. The first kappa shape index (κ1) is 15.6. The molecule has 28 heavy (non-hydrogen) atoms. The van der Waals surface area contributed by atoms with Gasteiger partial charge in [-0.05, 0) is 46.2 Å². The Labute approximate surface area is 159 Å². The molecule has 0 radical (unpaired) electrons. The maximum atomic E-state index is 12.6. The maximum Gasteiger partial charge on any atom is 0.339 e. The van der Waals surface area contributed by atoms with Gasteiger partial charge in [0.2, 0.25) is 13.6 Å². The van der Waals surface area contributed by atoms with E-state index >= 15 is 0 Å². The van der Waals surface area contributed by atoms with Crippen molar-refractivity contribution in [3.05, 3.63) is 47.0 Å². The Hall–Kier alpha value is -3.45. The summed E-state index contributed by atoms with van der Waals surface area (Å²) in [5.74, 6) is 2.10. The van der Waals surface area contributed by atoms with Gasteiger partial charge in [0.05, 0.1) is 12.2 Å². The third kappa shape index (κ3) is 1.99. The molecule has 3 aromatic rings. The van der Waals surface area contributed by atoms with E-state index in [4.69, 9.17) is 23.7 Å². The SMILES string of the molecule is O=C1OCc2c1c(-c1ccc3c(c1)OCO3)c1cc3c(cc1c2CO)OCO3. The molecule has 0 saturated carbocycles. The average Bonchev–Trinajstić information content (AvgIpc) is 3.44. The van der Waals surface area contributed by atoms with E-state index in [1.54, 1.807) is 0 Å². The number of cyclic esters (lactones) is 1. The van der Waals surface area contributed by atoms with Gasteiger partial charge < -0.3 is 28.8 Å². The lowest BCUT2D eigenvalue weighted by molar-refractivity contribution is 0.0534. The summed E-state index contributed by atoms with van der Waals surface area (Å²) in [5.41, 5.74) is 3.36. The highest BCUT2D eigenvalue weighted by molar-refractivity contribution is 6.12. The summed E-state index contributed by atoms with van der Waals surface area (Å²) in [6, 6.07) is 9.26. The molecule has 7 heteroatoms. The summed E-state index contributed by atoms with van der Waals surface area (Å²) >= 11 is 0. The van der Waals surface area contributed by atoms with Crippen LogP contribution < -0.4 is 18.9 Å². The van der Waals surface area contributed by atoms with Gasteiger partial charge >= 0.3 is 5.97 Å². The van der Waals surface area contributed by atoms with Crippen LogP contribution in [0.4, 0.5) is 0 Å². The van der Waals surface area contributed by atoms with Crippen LogP contribution in [-0.4, -0.2) is 24.7 Å². The number of esters is 1. The zero-order valence-corrected chi connectivity index (χ0v) is 14.6. The normalized spacial score (nSPS) is 15.8. The maximum absolute atomic E-state index is 12.6. The highest BCUT2D eigenvalue weighted by Gasteiger charge is 2.32. The van der Waals surface area contributed by atoms with Gasteiger partial charge in [0.1, 0.15) is 6.61 Å². The minimum absolute atomic E-state index is 0.131. The van der Waals surface area contributed by atoms with Crippen molar-refractivity contribution in [2.45, 2.75) is 13.2 Å². The molecule has 0 atom stereocenters. The number of aliphatic hydroxyl groups is 1. The number of benzene rings is 3. The second-order valence-electron chi connectivity index (χ2n) is 6.76. The molecule has 0 aromatic heterocycles. The Morgan fingerprint density at radius 3 is 2.21 bits per heavy atom. The molecule has 3 aromatic carbocycles. The van der Waals surface area contributed by atoms with E-state index in [0.717, 1.165) is 21.9 Å². The largest absolute Gasteiger partial charge is 0.457 e. The zero-order chi connectivity index (χ0) is 18.8. The summed E-state index contributed by atoms with van der Waals surface area (Å²) in [6.45, 7) is 0.228. The molecular formula is C21H14O7. The lowest BCUT2D eigenvalue weighted by atomic mass is 9.86. The molecule has 6 rings (SSSR count). The molecule has 1 N–H and O–H groups in total. The average molecular weight is 378 g/mol. The van der Waals surface area contributed by atoms with Crippen LogP contribution in [0.1, 0.15) is 21.5 Å². The molecule has 0 unspecified atom stereocenters. The number of hydrogen-bond donors (Lipinski definition) is 1. The van der Waals surface area contributed by atoms with Crippen LogP contribution in [0.15, 0.2) is 30.3 Å². The number of ether oxygens (including phenoxy) is 5. The van der Waals surface area contributed by atoms with Crippen molar-refractivity contribution in [1.29, 1.82) is 0 Å². The summed E-state index contributed by atoms with van der Waals surface area (Å²) in [6.07, 6.45) is 0. The Kier molecular flexibility index (Phi) is 3.08. The van der Waals surface area contributed by atoms with E-state index in [1.165, 1.54) is 0 Å². The second kappa shape index (κ2) is 5.53. The first-order valence-electron chi connectivity index (χ1n) is 8.83. The molecule has 140 valence electrons. The van der Waals surface area contributed by atoms with E-state index < -0.39 is 5.97 Å². The summed E-state index contributed by atoms with van der Waals surface area (Å²) in [5, 5.41) is 11.6. The molecule has 0 amide bonds. The fraction of sp³-hybridized carbons (Fsp3) is 0.190. The van der Waals surface area contributed by atoms with Crippen LogP contribution in [0.5, 0.6) is 23.0 Å². The topological polar surface area (TPSA) is 83.5 Å². The molecule has 0 spiro atoms. The minimum atomic E-state index is -0.406. The van der Waals surface area contributed by atoms with Crippen LogP contribution >= 0.6 is 0 Å². The van der Waals surface area contributed by atoms with E-state index in [0.29, 0.717) is 39.7 Å². The fourth-order valence-electron chi connectivity index (χ4n) is 4.12.